The lowest BCUT2D eigenvalue weighted by atomic mass is 10.2. The minimum atomic E-state index is -0.0715. The molecule has 0 amide bonds. The number of hydrogen-bond donors (Lipinski definition) is 1. The maximum absolute atomic E-state index is 11.2. The first-order valence-corrected chi connectivity index (χ1v) is 6.29. The van der Waals surface area contributed by atoms with E-state index in [0.29, 0.717) is 18.0 Å². The van der Waals surface area contributed by atoms with Crippen LogP contribution in [0.5, 0.6) is 5.75 Å². The zero-order valence-electron chi connectivity index (χ0n) is 9.33. The topological polar surface area (TPSA) is 51.5 Å². The number of halogens is 1. The molecule has 17 heavy (non-hydrogen) atoms. The van der Waals surface area contributed by atoms with Crippen LogP contribution in [-0.4, -0.2) is 18.9 Å². The van der Waals surface area contributed by atoms with Crippen molar-refractivity contribution in [1.82, 2.24) is 3.53 Å². The molecule has 0 radical (unpaired) electrons. The third kappa shape index (κ3) is 2.98. The summed E-state index contributed by atoms with van der Waals surface area (Å²) >= 11 is 2.07. The minimum Gasteiger partial charge on any atom is -0.492 e. The molecule has 5 heteroatoms. The van der Waals surface area contributed by atoms with E-state index in [1.165, 1.54) is 6.92 Å². The highest BCUT2D eigenvalue weighted by molar-refractivity contribution is 14.1. The molecule has 0 aliphatic heterocycles. The van der Waals surface area contributed by atoms with Crippen LogP contribution >= 0.6 is 22.9 Å². The number of ether oxygens (including phenoxy) is 1. The third-order valence-electron chi connectivity index (χ3n) is 2.30. The molecule has 0 saturated carbocycles. The van der Waals surface area contributed by atoms with E-state index < -0.39 is 0 Å². The molecule has 2 aromatic rings. The standard InChI is InChI=1S/C12H12INO3/c1-8(15)11-6-9-2-3-10(7-12(9)17-11)16-5-4-14-13/h2-3,6-7,14H,4-5H2,1H3. The van der Waals surface area contributed by atoms with Gasteiger partial charge in [0.2, 0.25) is 0 Å². The van der Waals surface area contributed by atoms with Crippen molar-refractivity contribution in [3.05, 3.63) is 30.0 Å². The van der Waals surface area contributed by atoms with Crippen LogP contribution in [0.15, 0.2) is 28.7 Å². The van der Waals surface area contributed by atoms with Gasteiger partial charge in [0.05, 0.1) is 0 Å². The number of ketones is 1. The third-order valence-corrected chi connectivity index (χ3v) is 2.84. The van der Waals surface area contributed by atoms with Gasteiger partial charge in [-0.3, -0.25) is 8.32 Å². The van der Waals surface area contributed by atoms with Crippen LogP contribution in [0.2, 0.25) is 0 Å². The van der Waals surface area contributed by atoms with E-state index in [2.05, 4.69) is 26.4 Å². The second-order valence-corrected chi connectivity index (χ2v) is 4.36. The quantitative estimate of drug-likeness (QED) is 0.392. The van der Waals surface area contributed by atoms with Crippen molar-refractivity contribution >= 4 is 39.6 Å². The van der Waals surface area contributed by atoms with Crippen LogP contribution in [0.25, 0.3) is 11.0 Å². The number of benzene rings is 1. The Bertz CT molecular complexity index is 536. The maximum Gasteiger partial charge on any atom is 0.194 e. The first kappa shape index (κ1) is 12.4. The molecule has 1 aromatic carbocycles. The van der Waals surface area contributed by atoms with Gasteiger partial charge in [-0.25, -0.2) is 0 Å². The average molecular weight is 345 g/mol. The lowest BCUT2D eigenvalue weighted by molar-refractivity contribution is 0.0989. The molecule has 0 spiro atoms. The van der Waals surface area contributed by atoms with E-state index in [9.17, 15) is 4.79 Å². The van der Waals surface area contributed by atoms with Crippen LogP contribution in [0.3, 0.4) is 0 Å². The summed E-state index contributed by atoms with van der Waals surface area (Å²) in [5.74, 6) is 1.05. The molecule has 1 N–H and O–H groups in total. The van der Waals surface area contributed by atoms with Crippen molar-refractivity contribution in [2.24, 2.45) is 0 Å². The van der Waals surface area contributed by atoms with Gasteiger partial charge < -0.3 is 9.15 Å². The molecule has 0 aliphatic carbocycles. The van der Waals surface area contributed by atoms with E-state index in [1.807, 2.05) is 12.1 Å². The molecule has 0 unspecified atom stereocenters. The average Bonchev–Trinajstić information content (AvgIpc) is 2.72. The van der Waals surface area contributed by atoms with Gasteiger partial charge >= 0.3 is 0 Å². The van der Waals surface area contributed by atoms with E-state index >= 15 is 0 Å². The van der Waals surface area contributed by atoms with Gasteiger partial charge in [-0.2, -0.15) is 0 Å². The van der Waals surface area contributed by atoms with Crippen molar-refractivity contribution in [3.63, 3.8) is 0 Å². The normalized spacial score (nSPS) is 10.7. The summed E-state index contributed by atoms with van der Waals surface area (Å²) in [6.45, 7) is 2.85. The largest absolute Gasteiger partial charge is 0.492 e. The summed E-state index contributed by atoms with van der Waals surface area (Å²) in [5, 5.41) is 0.912. The molecule has 0 fully saturated rings. The van der Waals surface area contributed by atoms with Crippen molar-refractivity contribution in [1.29, 1.82) is 0 Å². The van der Waals surface area contributed by atoms with Gasteiger partial charge in [0, 0.05) is 47.8 Å². The number of fused-ring (bicyclic) bond motifs is 1. The maximum atomic E-state index is 11.2. The van der Waals surface area contributed by atoms with Gasteiger partial charge in [0.25, 0.3) is 0 Å². The van der Waals surface area contributed by atoms with E-state index in [1.54, 1.807) is 12.1 Å². The van der Waals surface area contributed by atoms with Crippen LogP contribution in [0.1, 0.15) is 17.5 Å². The number of Topliss-reactive ketones (excluding diaryl/α,β-unsaturated/α-hetero) is 1. The van der Waals surface area contributed by atoms with Gasteiger partial charge in [0.15, 0.2) is 11.5 Å². The van der Waals surface area contributed by atoms with E-state index in [4.69, 9.17) is 9.15 Å². The van der Waals surface area contributed by atoms with E-state index in [-0.39, 0.29) is 5.78 Å². The number of carbonyl (C=O) groups is 1. The lowest BCUT2D eigenvalue weighted by Crippen LogP contribution is -2.10. The Kier molecular flexibility index (Phi) is 4.01. The summed E-state index contributed by atoms with van der Waals surface area (Å²) in [4.78, 5) is 11.2. The Morgan fingerprint density at radius 3 is 3.00 bits per heavy atom. The van der Waals surface area contributed by atoms with Crippen molar-refractivity contribution in [2.45, 2.75) is 6.92 Å². The predicted octanol–water partition coefficient (Wildman–Crippen LogP) is 2.95. The molecule has 0 bridgehead atoms. The first-order chi connectivity index (χ1) is 8.20. The van der Waals surface area contributed by atoms with Crippen LogP contribution in [-0.2, 0) is 0 Å². The molecule has 90 valence electrons. The monoisotopic (exact) mass is 345 g/mol. The number of carbonyl (C=O) groups excluding carboxylic acids is 1. The zero-order chi connectivity index (χ0) is 12.3. The summed E-state index contributed by atoms with van der Waals surface area (Å²) < 4.78 is 13.9. The Morgan fingerprint density at radius 2 is 2.29 bits per heavy atom. The van der Waals surface area contributed by atoms with Crippen LogP contribution in [0.4, 0.5) is 0 Å². The second-order valence-electron chi connectivity index (χ2n) is 3.60. The molecule has 4 nitrogen and oxygen atoms in total. The molecule has 0 aliphatic rings. The summed E-state index contributed by atoms with van der Waals surface area (Å²) in [6.07, 6.45) is 0. The highest BCUT2D eigenvalue weighted by Crippen LogP contribution is 2.24. The number of furan rings is 1. The Hall–Kier alpha value is -1.08. The Morgan fingerprint density at radius 1 is 1.47 bits per heavy atom. The van der Waals surface area contributed by atoms with Gasteiger partial charge in [-0.15, -0.1) is 0 Å². The smallest absolute Gasteiger partial charge is 0.194 e. The fourth-order valence-corrected chi connectivity index (χ4v) is 1.70. The molecular formula is C12H12INO3. The van der Waals surface area contributed by atoms with Crippen LogP contribution < -0.4 is 8.27 Å². The minimum absolute atomic E-state index is 0.0715. The van der Waals surface area contributed by atoms with Crippen molar-refractivity contribution in [2.75, 3.05) is 13.2 Å². The summed E-state index contributed by atoms with van der Waals surface area (Å²) in [6, 6.07) is 7.30. The van der Waals surface area contributed by atoms with Gasteiger partial charge in [0.1, 0.15) is 17.9 Å². The first-order valence-electron chi connectivity index (χ1n) is 5.21. The van der Waals surface area contributed by atoms with Crippen LogP contribution in [0, 0.1) is 0 Å². The molecule has 1 heterocycles. The fraction of sp³-hybridized carbons (Fsp3) is 0.250. The molecule has 0 atom stereocenters. The molecule has 2 rings (SSSR count). The highest BCUT2D eigenvalue weighted by atomic mass is 127. The highest BCUT2D eigenvalue weighted by Gasteiger charge is 2.08. The molecule has 0 saturated heterocycles. The lowest BCUT2D eigenvalue weighted by Gasteiger charge is -2.04. The van der Waals surface area contributed by atoms with Gasteiger partial charge in [-0.05, 0) is 18.2 Å². The van der Waals surface area contributed by atoms with Gasteiger partial charge in [-0.1, -0.05) is 0 Å². The van der Waals surface area contributed by atoms with Crippen molar-refractivity contribution in [3.8, 4) is 5.75 Å². The van der Waals surface area contributed by atoms with E-state index in [0.717, 1.165) is 17.7 Å². The number of nitrogens with one attached hydrogen (secondary N) is 1. The second kappa shape index (κ2) is 5.50. The number of rotatable bonds is 5. The Labute approximate surface area is 113 Å². The zero-order valence-corrected chi connectivity index (χ0v) is 11.5. The number of hydrogen-bond acceptors (Lipinski definition) is 4. The summed E-state index contributed by atoms with van der Waals surface area (Å²) in [7, 11) is 0. The molecular weight excluding hydrogens is 333 g/mol. The molecule has 1 aromatic heterocycles. The summed E-state index contributed by atoms with van der Waals surface area (Å²) in [5.41, 5.74) is 0.676. The predicted molar refractivity (Wildman–Crippen MR) is 73.7 cm³/mol. The fourth-order valence-electron chi connectivity index (χ4n) is 1.48. The van der Waals surface area contributed by atoms with Crippen molar-refractivity contribution < 1.29 is 13.9 Å². The SMILES string of the molecule is CC(=O)c1cc2ccc(OCCNI)cc2o1. The Balaban J connectivity index is 2.21.